The Morgan fingerprint density at radius 2 is 2.36 bits per heavy atom. The Labute approximate surface area is 92.8 Å². The smallest absolute Gasteiger partial charge is 0.0707 e. The number of pyridine rings is 1. The van der Waals surface area contributed by atoms with E-state index < -0.39 is 0 Å². The molecule has 0 amide bonds. The normalized spacial score (nSPS) is 12.8. The molecule has 0 aromatic carbocycles. The second kappa shape index (κ2) is 6.11. The van der Waals surface area contributed by atoms with Gasteiger partial charge >= 0.3 is 0 Å². The van der Waals surface area contributed by atoms with E-state index in [1.807, 2.05) is 12.1 Å². The predicted octanol–water partition coefficient (Wildman–Crippen LogP) is 2.27. The first-order valence-corrected chi connectivity index (χ1v) is 5.48. The number of hydrogen-bond donors (Lipinski definition) is 1. The van der Waals surface area contributed by atoms with Gasteiger partial charge in [0.15, 0.2) is 0 Å². The molecular weight excluding hydrogens is 244 g/mol. The molecule has 0 aliphatic heterocycles. The summed E-state index contributed by atoms with van der Waals surface area (Å²) in [5.41, 5.74) is 6.75. The lowest BCUT2D eigenvalue weighted by atomic mass is 10.2. The van der Waals surface area contributed by atoms with Crippen LogP contribution >= 0.6 is 15.9 Å². The largest absolute Gasteiger partial charge is 0.379 e. The molecule has 0 saturated carbocycles. The summed E-state index contributed by atoms with van der Waals surface area (Å²) in [5.74, 6) is 0. The Morgan fingerprint density at radius 3 is 2.93 bits per heavy atom. The molecule has 78 valence electrons. The van der Waals surface area contributed by atoms with Crippen LogP contribution in [-0.2, 0) is 4.74 Å². The van der Waals surface area contributed by atoms with Crippen molar-refractivity contribution in [3.05, 3.63) is 28.5 Å². The molecule has 1 atom stereocenters. The number of nitrogens with two attached hydrogens (primary N) is 1. The lowest BCUT2D eigenvalue weighted by Crippen LogP contribution is -2.18. The summed E-state index contributed by atoms with van der Waals surface area (Å²) in [6.07, 6.45) is 2.76. The molecular formula is C10H15BrN2O. The fourth-order valence-corrected chi connectivity index (χ4v) is 1.28. The molecule has 0 spiro atoms. The summed E-state index contributed by atoms with van der Waals surface area (Å²) in [4.78, 5) is 4.21. The van der Waals surface area contributed by atoms with Crippen molar-refractivity contribution < 1.29 is 4.74 Å². The van der Waals surface area contributed by atoms with Crippen molar-refractivity contribution in [2.24, 2.45) is 5.73 Å². The van der Waals surface area contributed by atoms with Crippen LogP contribution in [-0.4, -0.2) is 18.2 Å². The van der Waals surface area contributed by atoms with Crippen LogP contribution in [0.4, 0.5) is 0 Å². The first-order chi connectivity index (χ1) is 6.74. The van der Waals surface area contributed by atoms with Crippen LogP contribution in [0.1, 0.15) is 25.1 Å². The molecule has 4 heteroatoms. The van der Waals surface area contributed by atoms with Gasteiger partial charge in [0.25, 0.3) is 0 Å². The molecule has 0 saturated heterocycles. The van der Waals surface area contributed by atoms with Crippen molar-refractivity contribution in [1.82, 2.24) is 4.98 Å². The molecule has 1 unspecified atom stereocenters. The minimum atomic E-state index is -0.130. The van der Waals surface area contributed by atoms with Gasteiger partial charge in [0, 0.05) is 17.3 Å². The van der Waals surface area contributed by atoms with Crippen LogP contribution in [0.5, 0.6) is 0 Å². The van der Waals surface area contributed by atoms with Crippen molar-refractivity contribution in [3.63, 3.8) is 0 Å². The number of halogens is 1. The van der Waals surface area contributed by atoms with Gasteiger partial charge in [-0.05, 0) is 34.5 Å². The number of nitrogens with zero attached hydrogens (tertiary/aromatic N) is 1. The second-order valence-corrected chi connectivity index (χ2v) is 4.00. The average molecular weight is 259 g/mol. The van der Waals surface area contributed by atoms with E-state index in [-0.39, 0.29) is 6.04 Å². The fraction of sp³-hybridized carbons (Fsp3) is 0.500. The van der Waals surface area contributed by atoms with Crippen molar-refractivity contribution in [2.45, 2.75) is 19.4 Å². The number of ether oxygens (including phenoxy) is 1. The van der Waals surface area contributed by atoms with Crippen molar-refractivity contribution in [2.75, 3.05) is 13.2 Å². The van der Waals surface area contributed by atoms with Crippen LogP contribution < -0.4 is 5.73 Å². The molecule has 0 radical (unpaired) electrons. The van der Waals surface area contributed by atoms with Crippen LogP contribution in [0, 0.1) is 0 Å². The molecule has 1 aromatic rings. The summed E-state index contributed by atoms with van der Waals surface area (Å²) in [6, 6.07) is 3.71. The number of rotatable bonds is 5. The molecule has 2 N–H and O–H groups in total. The van der Waals surface area contributed by atoms with Crippen LogP contribution in [0.25, 0.3) is 0 Å². The Morgan fingerprint density at radius 1 is 1.57 bits per heavy atom. The maximum absolute atomic E-state index is 5.88. The highest BCUT2D eigenvalue weighted by molar-refractivity contribution is 9.10. The molecule has 0 aliphatic carbocycles. The van der Waals surface area contributed by atoms with Crippen LogP contribution in [0.3, 0.4) is 0 Å². The molecule has 0 aliphatic rings. The highest BCUT2D eigenvalue weighted by Gasteiger charge is 2.06. The van der Waals surface area contributed by atoms with Crippen LogP contribution in [0.2, 0.25) is 0 Å². The van der Waals surface area contributed by atoms with Gasteiger partial charge in [-0.2, -0.15) is 0 Å². The first kappa shape index (κ1) is 11.6. The first-order valence-electron chi connectivity index (χ1n) is 4.68. The van der Waals surface area contributed by atoms with Gasteiger partial charge in [-0.25, -0.2) is 0 Å². The van der Waals surface area contributed by atoms with Crippen molar-refractivity contribution in [1.29, 1.82) is 0 Å². The quantitative estimate of drug-likeness (QED) is 0.825. The molecule has 1 aromatic heterocycles. The molecule has 3 nitrogen and oxygen atoms in total. The summed E-state index contributed by atoms with van der Waals surface area (Å²) >= 11 is 3.32. The van der Waals surface area contributed by atoms with Gasteiger partial charge < -0.3 is 10.5 Å². The molecule has 1 rings (SSSR count). The van der Waals surface area contributed by atoms with E-state index in [0.29, 0.717) is 6.61 Å². The topological polar surface area (TPSA) is 48.1 Å². The van der Waals surface area contributed by atoms with Gasteiger partial charge in [-0.1, -0.05) is 6.92 Å². The lowest BCUT2D eigenvalue weighted by Gasteiger charge is -2.10. The summed E-state index contributed by atoms with van der Waals surface area (Å²) in [6.45, 7) is 3.36. The Balaban J connectivity index is 2.43. The Bertz CT molecular complexity index is 263. The number of aromatic nitrogens is 1. The van der Waals surface area contributed by atoms with E-state index in [9.17, 15) is 0 Å². The molecule has 0 fully saturated rings. The van der Waals surface area contributed by atoms with Gasteiger partial charge in [0.2, 0.25) is 0 Å². The lowest BCUT2D eigenvalue weighted by molar-refractivity contribution is 0.120. The van der Waals surface area contributed by atoms with E-state index in [1.165, 1.54) is 0 Å². The minimum Gasteiger partial charge on any atom is -0.379 e. The summed E-state index contributed by atoms with van der Waals surface area (Å²) < 4.78 is 6.31. The maximum Gasteiger partial charge on any atom is 0.0707 e. The van der Waals surface area contributed by atoms with Gasteiger partial charge in [-0.3, -0.25) is 4.98 Å². The third-order valence-corrected chi connectivity index (χ3v) is 2.25. The maximum atomic E-state index is 5.88. The Hall–Kier alpha value is -0.450. The van der Waals surface area contributed by atoms with Gasteiger partial charge in [0.05, 0.1) is 18.3 Å². The van der Waals surface area contributed by atoms with E-state index in [4.69, 9.17) is 10.5 Å². The standard InChI is InChI=1S/C10H15BrN2O/c1-2-5-14-7-9(12)10-4-3-8(11)6-13-10/h3-4,6,9H,2,5,7,12H2,1H3. The molecule has 14 heavy (non-hydrogen) atoms. The highest BCUT2D eigenvalue weighted by Crippen LogP contribution is 2.12. The van der Waals surface area contributed by atoms with Gasteiger partial charge in [-0.15, -0.1) is 0 Å². The number of hydrogen-bond acceptors (Lipinski definition) is 3. The third kappa shape index (κ3) is 3.74. The van der Waals surface area contributed by atoms with E-state index >= 15 is 0 Å². The van der Waals surface area contributed by atoms with Crippen LogP contribution in [0.15, 0.2) is 22.8 Å². The van der Waals surface area contributed by atoms with Crippen molar-refractivity contribution >= 4 is 15.9 Å². The summed E-state index contributed by atoms with van der Waals surface area (Å²) in [5, 5.41) is 0. The zero-order valence-corrected chi connectivity index (χ0v) is 9.83. The zero-order valence-electron chi connectivity index (χ0n) is 8.24. The predicted molar refractivity (Wildman–Crippen MR) is 60.0 cm³/mol. The third-order valence-electron chi connectivity index (χ3n) is 1.78. The average Bonchev–Trinajstić information content (AvgIpc) is 2.19. The van der Waals surface area contributed by atoms with E-state index in [1.54, 1.807) is 6.20 Å². The molecule has 0 bridgehead atoms. The van der Waals surface area contributed by atoms with Crippen molar-refractivity contribution in [3.8, 4) is 0 Å². The van der Waals surface area contributed by atoms with E-state index in [0.717, 1.165) is 23.2 Å². The highest BCUT2D eigenvalue weighted by atomic mass is 79.9. The monoisotopic (exact) mass is 258 g/mol. The minimum absolute atomic E-state index is 0.130. The van der Waals surface area contributed by atoms with E-state index in [2.05, 4.69) is 27.8 Å². The van der Waals surface area contributed by atoms with Gasteiger partial charge in [0.1, 0.15) is 0 Å². The Kier molecular flexibility index (Phi) is 5.07. The molecule has 1 heterocycles. The SMILES string of the molecule is CCCOCC(N)c1ccc(Br)cn1. The zero-order chi connectivity index (χ0) is 10.4. The fourth-order valence-electron chi connectivity index (χ4n) is 1.05. The second-order valence-electron chi connectivity index (χ2n) is 3.08. The summed E-state index contributed by atoms with van der Waals surface area (Å²) in [7, 11) is 0.